The molecule has 2 heterocycles. The third kappa shape index (κ3) is 6.64. The molecule has 44 heavy (non-hydrogen) atoms. The molecule has 8 heteroatoms. The molecule has 230 valence electrons. The molecule has 0 saturated carbocycles. The van der Waals surface area contributed by atoms with E-state index < -0.39 is 14.5 Å². The number of alkyl halides is 1. The number of nitrogens with one attached hydrogen (secondary N) is 1. The number of fused-ring (bicyclic) bond motifs is 1. The van der Waals surface area contributed by atoms with Crippen LogP contribution in [-0.4, -0.2) is 37.2 Å². The van der Waals surface area contributed by atoms with E-state index in [0.29, 0.717) is 22.6 Å². The Hall–Kier alpha value is -3.43. The van der Waals surface area contributed by atoms with Crippen molar-refractivity contribution in [2.45, 2.75) is 58.4 Å². The fraction of sp³-hybridized carbons (Fsp3) is 0.333. The summed E-state index contributed by atoms with van der Waals surface area (Å²) in [7, 11) is -2.86. The molecule has 0 fully saturated rings. The Morgan fingerprint density at radius 3 is 2.02 bits per heavy atom. The first kappa shape index (κ1) is 32.0. The van der Waals surface area contributed by atoms with Gasteiger partial charge in [0, 0.05) is 6.54 Å². The minimum Gasteiger partial charge on any atom is -0.404 e. The van der Waals surface area contributed by atoms with E-state index in [-0.39, 0.29) is 35.7 Å². The number of aromatic nitrogens is 2. The number of benzene rings is 3. The van der Waals surface area contributed by atoms with Crippen molar-refractivity contribution in [3.63, 3.8) is 0 Å². The SMILES string of the molecule is CC(C)[C@@H](NC[C@H](F)CO[Si](c1ccccc1)(c1ccccc1)C(C)(C)C)c1nc2sccc2c(=O)n1Cc1ccccc1. The maximum absolute atomic E-state index is 16.0. The average molecular weight is 628 g/mol. The molecule has 5 aromatic rings. The summed E-state index contributed by atoms with van der Waals surface area (Å²) in [6, 6.07) is 32.0. The van der Waals surface area contributed by atoms with Gasteiger partial charge in [0.15, 0.2) is 0 Å². The third-order valence-corrected chi connectivity index (χ3v) is 14.0. The van der Waals surface area contributed by atoms with E-state index in [1.807, 2.05) is 78.2 Å². The number of halogens is 1. The van der Waals surface area contributed by atoms with Crippen molar-refractivity contribution in [2.75, 3.05) is 13.2 Å². The van der Waals surface area contributed by atoms with E-state index >= 15 is 4.39 Å². The summed E-state index contributed by atoms with van der Waals surface area (Å²) in [5.41, 5.74) is 0.936. The lowest BCUT2D eigenvalue weighted by Crippen LogP contribution is -2.67. The molecule has 2 aromatic heterocycles. The second-order valence-electron chi connectivity index (χ2n) is 12.7. The zero-order valence-corrected chi connectivity index (χ0v) is 28.0. The molecule has 0 unspecified atom stereocenters. The summed E-state index contributed by atoms with van der Waals surface area (Å²) >= 11 is 1.45. The Balaban J connectivity index is 1.41. The van der Waals surface area contributed by atoms with Crippen LogP contribution < -0.4 is 21.2 Å². The highest BCUT2D eigenvalue weighted by molar-refractivity contribution is 7.16. The predicted octanol–water partition coefficient (Wildman–Crippen LogP) is 6.71. The molecule has 5 nitrogen and oxygen atoms in total. The Labute approximate surface area is 264 Å². The van der Waals surface area contributed by atoms with Crippen molar-refractivity contribution in [2.24, 2.45) is 5.92 Å². The zero-order chi connectivity index (χ0) is 31.3. The van der Waals surface area contributed by atoms with Gasteiger partial charge < -0.3 is 9.74 Å². The monoisotopic (exact) mass is 627 g/mol. The molecule has 0 amide bonds. The Morgan fingerprint density at radius 1 is 0.909 bits per heavy atom. The maximum Gasteiger partial charge on any atom is 0.262 e. The molecular formula is C36H42FN3O2SSi. The van der Waals surface area contributed by atoms with Crippen LogP contribution in [0, 0.1) is 5.92 Å². The van der Waals surface area contributed by atoms with Crippen molar-refractivity contribution >= 4 is 40.2 Å². The molecule has 1 N–H and O–H groups in total. The average Bonchev–Trinajstić information content (AvgIpc) is 3.49. The first-order valence-electron chi connectivity index (χ1n) is 15.3. The van der Waals surface area contributed by atoms with Gasteiger partial charge in [0.1, 0.15) is 16.8 Å². The van der Waals surface area contributed by atoms with Crippen LogP contribution in [0.4, 0.5) is 4.39 Å². The van der Waals surface area contributed by atoms with Crippen LogP contribution in [-0.2, 0) is 11.0 Å². The number of thiophene rings is 1. The van der Waals surface area contributed by atoms with E-state index in [1.165, 1.54) is 11.3 Å². The Morgan fingerprint density at radius 2 is 1.48 bits per heavy atom. The molecule has 0 bridgehead atoms. The highest BCUT2D eigenvalue weighted by atomic mass is 32.1. The van der Waals surface area contributed by atoms with E-state index in [1.54, 1.807) is 4.57 Å². The van der Waals surface area contributed by atoms with Crippen molar-refractivity contribution in [3.8, 4) is 0 Å². The Bertz CT molecular complexity index is 1660. The molecule has 0 radical (unpaired) electrons. The normalized spacial score (nSPS) is 13.8. The van der Waals surface area contributed by atoms with E-state index in [4.69, 9.17) is 9.41 Å². The molecule has 0 aliphatic heterocycles. The van der Waals surface area contributed by atoms with Gasteiger partial charge in [-0.1, -0.05) is 126 Å². The second-order valence-corrected chi connectivity index (χ2v) is 17.9. The fourth-order valence-electron chi connectivity index (χ4n) is 6.04. The smallest absolute Gasteiger partial charge is 0.262 e. The van der Waals surface area contributed by atoms with Gasteiger partial charge in [-0.15, -0.1) is 11.3 Å². The minimum atomic E-state index is -2.86. The standard InChI is InChI=1S/C36H42FN3O2SSi/c1-26(2)32(33-39-34-31(21-22-43-34)35(41)40(33)24-27-15-9-6-10-16-27)38-23-28(37)25-42-44(36(3,4)5,29-17-11-7-12-18-29)30-19-13-8-14-20-30/h6-22,26,28,32,38H,23-25H2,1-5H3/t28-,32+/m0/s1. The van der Waals surface area contributed by atoms with Crippen LogP contribution in [0.5, 0.6) is 0 Å². The summed E-state index contributed by atoms with van der Waals surface area (Å²) in [5.74, 6) is 0.690. The summed E-state index contributed by atoms with van der Waals surface area (Å²) in [4.78, 5) is 19.3. The minimum absolute atomic E-state index is 0.0424. The van der Waals surface area contributed by atoms with Crippen LogP contribution in [0.15, 0.2) is 107 Å². The largest absolute Gasteiger partial charge is 0.404 e. The van der Waals surface area contributed by atoms with E-state index in [2.05, 4.69) is 64.2 Å². The molecule has 2 atom stereocenters. The molecule has 3 aromatic carbocycles. The molecular weight excluding hydrogens is 586 g/mol. The summed E-state index contributed by atoms with van der Waals surface area (Å²) < 4.78 is 24.6. The topological polar surface area (TPSA) is 56.1 Å². The van der Waals surface area contributed by atoms with E-state index in [0.717, 1.165) is 15.9 Å². The van der Waals surface area contributed by atoms with Crippen LogP contribution in [0.1, 0.15) is 52.0 Å². The lowest BCUT2D eigenvalue weighted by atomic mass is 10.0. The van der Waals surface area contributed by atoms with Crippen molar-refractivity contribution in [1.82, 2.24) is 14.9 Å². The molecule has 0 saturated heterocycles. The maximum atomic E-state index is 16.0. The van der Waals surface area contributed by atoms with Gasteiger partial charge in [-0.3, -0.25) is 9.36 Å². The van der Waals surface area contributed by atoms with Gasteiger partial charge in [-0.2, -0.15) is 0 Å². The van der Waals surface area contributed by atoms with Crippen LogP contribution in [0.2, 0.25) is 5.04 Å². The van der Waals surface area contributed by atoms with Crippen molar-refractivity contribution < 1.29 is 8.82 Å². The summed E-state index contributed by atoms with van der Waals surface area (Å²) in [6.45, 7) is 11.1. The molecule has 0 spiro atoms. The van der Waals surface area contributed by atoms with Crippen LogP contribution >= 0.6 is 11.3 Å². The molecule has 0 aliphatic carbocycles. The van der Waals surface area contributed by atoms with Crippen LogP contribution in [0.3, 0.4) is 0 Å². The molecule has 0 aliphatic rings. The van der Waals surface area contributed by atoms with Crippen LogP contribution in [0.25, 0.3) is 10.2 Å². The number of hydrogen-bond acceptors (Lipinski definition) is 5. The van der Waals surface area contributed by atoms with Crippen molar-refractivity contribution in [3.05, 3.63) is 124 Å². The third-order valence-electron chi connectivity index (χ3n) is 8.20. The lowest BCUT2D eigenvalue weighted by Gasteiger charge is -2.43. The predicted molar refractivity (Wildman–Crippen MR) is 183 cm³/mol. The summed E-state index contributed by atoms with van der Waals surface area (Å²) in [5, 5.41) is 7.96. The number of hydrogen-bond donors (Lipinski definition) is 1. The van der Waals surface area contributed by atoms with Crippen molar-refractivity contribution in [1.29, 1.82) is 0 Å². The van der Waals surface area contributed by atoms with Gasteiger partial charge in [-0.25, -0.2) is 9.37 Å². The van der Waals surface area contributed by atoms with Gasteiger partial charge in [0.05, 0.1) is 24.6 Å². The zero-order valence-electron chi connectivity index (χ0n) is 26.2. The fourth-order valence-corrected chi connectivity index (χ4v) is 11.4. The van der Waals surface area contributed by atoms with Gasteiger partial charge in [0.25, 0.3) is 13.9 Å². The first-order valence-corrected chi connectivity index (χ1v) is 18.0. The Kier molecular flexibility index (Phi) is 9.95. The quantitative estimate of drug-likeness (QED) is 0.156. The van der Waals surface area contributed by atoms with Gasteiger partial charge in [-0.05, 0) is 38.3 Å². The van der Waals surface area contributed by atoms with Gasteiger partial charge in [0.2, 0.25) is 0 Å². The summed E-state index contributed by atoms with van der Waals surface area (Å²) in [6.07, 6.45) is -1.27. The van der Waals surface area contributed by atoms with Gasteiger partial charge >= 0.3 is 0 Å². The second kappa shape index (κ2) is 13.7. The van der Waals surface area contributed by atoms with E-state index in [9.17, 15) is 4.79 Å². The first-order chi connectivity index (χ1) is 21.1. The lowest BCUT2D eigenvalue weighted by molar-refractivity contribution is 0.175. The number of rotatable bonds is 12. The molecule has 5 rings (SSSR count). The highest BCUT2D eigenvalue weighted by Crippen LogP contribution is 2.37. The highest BCUT2D eigenvalue weighted by Gasteiger charge is 2.50. The number of nitrogens with zero attached hydrogens (tertiary/aromatic N) is 2.